The van der Waals surface area contributed by atoms with Gasteiger partial charge in [-0.15, -0.1) is 0 Å². The van der Waals surface area contributed by atoms with Crippen molar-refractivity contribution in [1.82, 2.24) is 28.5 Å². The van der Waals surface area contributed by atoms with Gasteiger partial charge in [-0.05, 0) is 93.7 Å². The summed E-state index contributed by atoms with van der Waals surface area (Å²) < 4.78 is 5.79. The summed E-state index contributed by atoms with van der Waals surface area (Å²) in [6.07, 6.45) is 0. The SMILES string of the molecule is O=c1n(-c2cccc(-c3ccccc3)c2)c2cc(-c3ccc4c(c3)c3c5ccccc5ccc3n4-c3nc(-c4ccccc4)c4ccccc4n3)ccc2c2nc3ccccc3n12. The van der Waals surface area contributed by atoms with E-state index in [1.165, 1.54) is 0 Å². The predicted molar refractivity (Wildman–Crippen MR) is 257 cm³/mol. The van der Waals surface area contributed by atoms with Gasteiger partial charge in [0, 0.05) is 27.1 Å². The van der Waals surface area contributed by atoms with Gasteiger partial charge in [-0.1, -0.05) is 146 Å². The van der Waals surface area contributed by atoms with E-state index in [0.29, 0.717) is 11.6 Å². The topological polar surface area (TPSA) is 70.0 Å². The van der Waals surface area contributed by atoms with Gasteiger partial charge in [0.1, 0.15) is 0 Å². The van der Waals surface area contributed by atoms with Crippen molar-refractivity contribution in [3.63, 3.8) is 0 Å². The fraction of sp³-hybridized carbons (Fsp3) is 0. The molecule has 13 rings (SSSR count). The third kappa shape index (κ3) is 5.40. The van der Waals surface area contributed by atoms with Crippen LogP contribution in [-0.4, -0.2) is 28.5 Å². The largest absolute Gasteiger partial charge is 0.339 e. The summed E-state index contributed by atoms with van der Waals surface area (Å²) in [5.41, 5.74) is 12.5. The quantitative estimate of drug-likeness (QED) is 0.174. The molecule has 0 radical (unpaired) electrons. The molecule has 0 amide bonds. The highest BCUT2D eigenvalue weighted by atomic mass is 16.1. The van der Waals surface area contributed by atoms with Crippen LogP contribution in [0.4, 0.5) is 0 Å². The molecule has 0 N–H and O–H groups in total. The van der Waals surface area contributed by atoms with Crippen LogP contribution < -0.4 is 5.69 Å². The van der Waals surface area contributed by atoms with E-state index in [1.807, 2.05) is 89.5 Å². The van der Waals surface area contributed by atoms with Crippen LogP contribution in [0.15, 0.2) is 211 Å². The maximum absolute atomic E-state index is 15.0. The van der Waals surface area contributed by atoms with Gasteiger partial charge in [-0.2, -0.15) is 0 Å². The fourth-order valence-corrected chi connectivity index (χ4v) is 9.56. The van der Waals surface area contributed by atoms with Gasteiger partial charge in [0.05, 0.1) is 44.5 Å². The van der Waals surface area contributed by atoms with Crippen LogP contribution in [0.3, 0.4) is 0 Å². The summed E-state index contributed by atoms with van der Waals surface area (Å²) in [7, 11) is 0. The number of nitrogens with zero attached hydrogens (tertiary/aromatic N) is 6. The number of aromatic nitrogens is 6. The van der Waals surface area contributed by atoms with E-state index in [2.05, 4.69) is 126 Å². The second-order valence-corrected chi connectivity index (χ2v) is 16.0. The monoisotopic (exact) mass is 806 g/mol. The summed E-state index contributed by atoms with van der Waals surface area (Å²) in [6.45, 7) is 0. The van der Waals surface area contributed by atoms with E-state index in [0.717, 1.165) is 105 Å². The van der Waals surface area contributed by atoms with E-state index in [-0.39, 0.29) is 5.69 Å². The highest BCUT2D eigenvalue weighted by Gasteiger charge is 2.21. The number of fused-ring (bicyclic) bond motifs is 11. The van der Waals surface area contributed by atoms with Crippen molar-refractivity contribution < 1.29 is 0 Å². The van der Waals surface area contributed by atoms with Crippen LogP contribution in [-0.2, 0) is 0 Å². The Labute approximate surface area is 360 Å². The van der Waals surface area contributed by atoms with E-state index >= 15 is 0 Å². The van der Waals surface area contributed by atoms with Crippen LogP contribution in [0.1, 0.15) is 0 Å². The van der Waals surface area contributed by atoms with Crippen molar-refractivity contribution in [2.45, 2.75) is 0 Å². The Balaban J connectivity index is 1.07. The lowest BCUT2D eigenvalue weighted by atomic mass is 9.99. The lowest BCUT2D eigenvalue weighted by Crippen LogP contribution is -2.25. The molecule has 0 saturated heterocycles. The van der Waals surface area contributed by atoms with Gasteiger partial charge >= 0.3 is 5.69 Å². The molecule has 0 saturated carbocycles. The van der Waals surface area contributed by atoms with Gasteiger partial charge < -0.3 is 0 Å². The lowest BCUT2D eigenvalue weighted by molar-refractivity contribution is 0.932. The van der Waals surface area contributed by atoms with Crippen molar-refractivity contribution in [1.29, 1.82) is 0 Å². The maximum atomic E-state index is 15.0. The van der Waals surface area contributed by atoms with E-state index in [9.17, 15) is 4.79 Å². The highest BCUT2D eigenvalue weighted by Crippen LogP contribution is 2.40. The Kier molecular flexibility index (Phi) is 7.62. The Hall–Kier alpha value is -8.68. The number of hydrogen-bond donors (Lipinski definition) is 0. The molecule has 0 aliphatic heterocycles. The van der Waals surface area contributed by atoms with Crippen molar-refractivity contribution in [2.75, 3.05) is 0 Å². The Morgan fingerprint density at radius 3 is 1.89 bits per heavy atom. The minimum Gasteiger partial charge on any atom is -0.278 e. The zero-order valence-corrected chi connectivity index (χ0v) is 33.7. The van der Waals surface area contributed by atoms with Crippen LogP contribution >= 0.6 is 0 Å². The number of benzene rings is 9. The molecular formula is C56H34N6O. The Morgan fingerprint density at radius 2 is 1.03 bits per heavy atom. The second kappa shape index (κ2) is 13.7. The standard InChI is InChI=1S/C56H34N6O/c63-56-60(41-20-13-19-38(32-41)35-14-3-1-4-15-35)51-34-40(26-29-44(51)54-57-47-24-11-12-25-49(47)62(54)56)39-28-30-48-45(33-39)52-42-21-8-7-16-36(42)27-31-50(52)61(48)55-58-46-23-10-9-22-43(46)53(59-55)37-17-5-2-6-18-37/h1-34H. The molecular weight excluding hydrogens is 773 g/mol. The van der Waals surface area contributed by atoms with Crippen molar-refractivity contribution in [3.05, 3.63) is 217 Å². The zero-order valence-electron chi connectivity index (χ0n) is 33.7. The van der Waals surface area contributed by atoms with Crippen LogP contribution in [0, 0.1) is 0 Å². The van der Waals surface area contributed by atoms with Crippen molar-refractivity contribution >= 4 is 71.1 Å². The second-order valence-electron chi connectivity index (χ2n) is 16.0. The average Bonchev–Trinajstić information content (AvgIpc) is 3.91. The number of para-hydroxylation sites is 3. The lowest BCUT2D eigenvalue weighted by Gasteiger charge is -2.15. The molecule has 4 aromatic heterocycles. The molecule has 0 atom stereocenters. The first-order valence-corrected chi connectivity index (χ1v) is 21.1. The Bertz CT molecular complexity index is 4050. The van der Waals surface area contributed by atoms with Gasteiger partial charge in [-0.3, -0.25) is 9.13 Å². The molecule has 63 heavy (non-hydrogen) atoms. The summed E-state index contributed by atoms with van der Waals surface area (Å²) in [5, 5.41) is 6.40. The average molecular weight is 807 g/mol. The summed E-state index contributed by atoms with van der Waals surface area (Å²) in [6, 6.07) is 70.8. The normalized spacial score (nSPS) is 11.9. The summed E-state index contributed by atoms with van der Waals surface area (Å²) >= 11 is 0. The molecule has 0 spiro atoms. The third-order valence-electron chi connectivity index (χ3n) is 12.5. The minimum absolute atomic E-state index is 0.177. The smallest absolute Gasteiger partial charge is 0.278 e. The first kappa shape index (κ1) is 35.1. The summed E-state index contributed by atoms with van der Waals surface area (Å²) in [4.78, 5) is 30.5. The first-order valence-electron chi connectivity index (χ1n) is 21.1. The Morgan fingerprint density at radius 1 is 0.365 bits per heavy atom. The van der Waals surface area contributed by atoms with Gasteiger partial charge in [0.25, 0.3) is 0 Å². The molecule has 7 nitrogen and oxygen atoms in total. The predicted octanol–water partition coefficient (Wildman–Crippen LogP) is 13.0. The van der Waals surface area contributed by atoms with Gasteiger partial charge in [0.15, 0.2) is 5.65 Å². The van der Waals surface area contributed by atoms with Crippen molar-refractivity contribution in [3.8, 4) is 45.1 Å². The highest BCUT2D eigenvalue weighted by molar-refractivity contribution is 6.22. The van der Waals surface area contributed by atoms with E-state index < -0.39 is 0 Å². The molecule has 0 aliphatic rings. The molecule has 4 heterocycles. The minimum atomic E-state index is -0.177. The van der Waals surface area contributed by atoms with Gasteiger partial charge in [0.2, 0.25) is 5.95 Å². The zero-order chi connectivity index (χ0) is 41.6. The van der Waals surface area contributed by atoms with E-state index in [4.69, 9.17) is 15.0 Å². The van der Waals surface area contributed by atoms with E-state index in [1.54, 1.807) is 4.40 Å². The van der Waals surface area contributed by atoms with Crippen LogP contribution in [0.25, 0.3) is 116 Å². The molecule has 0 aliphatic carbocycles. The molecule has 9 aromatic carbocycles. The molecule has 7 heteroatoms. The van der Waals surface area contributed by atoms with Crippen LogP contribution in [0.5, 0.6) is 0 Å². The molecule has 0 unspecified atom stereocenters. The molecule has 0 bridgehead atoms. The number of imidazole rings is 1. The van der Waals surface area contributed by atoms with Crippen molar-refractivity contribution in [2.24, 2.45) is 0 Å². The van der Waals surface area contributed by atoms with Gasteiger partial charge in [-0.25, -0.2) is 24.1 Å². The number of hydrogen-bond acceptors (Lipinski definition) is 4. The molecule has 0 fully saturated rings. The third-order valence-corrected chi connectivity index (χ3v) is 12.5. The maximum Gasteiger partial charge on any atom is 0.339 e. The fourth-order valence-electron chi connectivity index (χ4n) is 9.56. The van der Waals surface area contributed by atoms with Crippen LogP contribution in [0.2, 0.25) is 0 Å². The molecule has 294 valence electrons. The summed E-state index contributed by atoms with van der Waals surface area (Å²) in [5.74, 6) is 0.610. The number of rotatable bonds is 5. The first-order chi connectivity index (χ1) is 31.2. The molecule has 13 aromatic rings.